The zero-order chi connectivity index (χ0) is 13.9. The van der Waals surface area contributed by atoms with Gasteiger partial charge in [0, 0.05) is 28.9 Å². The average molecular weight is 286 g/mol. The summed E-state index contributed by atoms with van der Waals surface area (Å²) in [6, 6.07) is 11.6. The fourth-order valence-corrected chi connectivity index (χ4v) is 3.84. The van der Waals surface area contributed by atoms with Crippen LogP contribution >= 0.6 is 11.3 Å². The first kappa shape index (κ1) is 13.8. The Balaban J connectivity index is 1.73. The van der Waals surface area contributed by atoms with Crippen LogP contribution in [0, 0.1) is 13.8 Å². The summed E-state index contributed by atoms with van der Waals surface area (Å²) < 4.78 is 0. The second kappa shape index (κ2) is 6.08. The van der Waals surface area contributed by atoms with Gasteiger partial charge >= 0.3 is 0 Å². The summed E-state index contributed by atoms with van der Waals surface area (Å²) in [7, 11) is 0. The summed E-state index contributed by atoms with van der Waals surface area (Å²) in [5.74, 6) is 0. The smallest absolute Gasteiger partial charge is 0.0338 e. The molecule has 1 aliphatic heterocycles. The number of hydrogen-bond donors (Lipinski definition) is 2. The fourth-order valence-electron chi connectivity index (χ4n) is 2.83. The molecule has 0 saturated heterocycles. The zero-order valence-corrected chi connectivity index (χ0v) is 13.0. The quantitative estimate of drug-likeness (QED) is 0.899. The number of nitrogens with one attached hydrogen (secondary N) is 2. The maximum absolute atomic E-state index is 3.75. The van der Waals surface area contributed by atoms with E-state index in [1.807, 2.05) is 11.3 Å². The molecule has 1 atom stereocenters. The van der Waals surface area contributed by atoms with Gasteiger partial charge in [-0.05, 0) is 49.6 Å². The van der Waals surface area contributed by atoms with E-state index in [9.17, 15) is 0 Å². The van der Waals surface area contributed by atoms with Gasteiger partial charge in [-0.3, -0.25) is 0 Å². The van der Waals surface area contributed by atoms with Crippen molar-refractivity contribution in [2.24, 2.45) is 0 Å². The minimum absolute atomic E-state index is 0.462. The molecular weight excluding hydrogens is 264 g/mol. The van der Waals surface area contributed by atoms with Crippen LogP contribution in [0.5, 0.6) is 0 Å². The Morgan fingerprint density at radius 3 is 2.95 bits per heavy atom. The summed E-state index contributed by atoms with van der Waals surface area (Å²) in [4.78, 5) is 2.87. The fraction of sp³-hybridized carbons (Fsp3) is 0.412. The molecule has 0 saturated carbocycles. The maximum Gasteiger partial charge on any atom is 0.0338 e. The van der Waals surface area contributed by atoms with Crippen LogP contribution in [0.2, 0.25) is 0 Å². The van der Waals surface area contributed by atoms with Gasteiger partial charge in [-0.25, -0.2) is 0 Å². The summed E-state index contributed by atoms with van der Waals surface area (Å²) in [6.45, 7) is 7.44. The van der Waals surface area contributed by atoms with Crippen molar-refractivity contribution in [2.45, 2.75) is 39.4 Å². The van der Waals surface area contributed by atoms with Gasteiger partial charge in [-0.15, -0.1) is 11.3 Å². The van der Waals surface area contributed by atoms with Gasteiger partial charge in [0.2, 0.25) is 0 Å². The second-order valence-electron chi connectivity index (χ2n) is 5.55. The van der Waals surface area contributed by atoms with E-state index in [1.165, 1.54) is 26.4 Å². The van der Waals surface area contributed by atoms with E-state index in [2.05, 4.69) is 54.8 Å². The van der Waals surface area contributed by atoms with Crippen LogP contribution in [0.25, 0.3) is 0 Å². The lowest BCUT2D eigenvalue weighted by molar-refractivity contribution is 0.498. The zero-order valence-electron chi connectivity index (χ0n) is 12.2. The molecule has 2 heterocycles. The molecule has 2 N–H and O–H groups in total. The number of thiophene rings is 1. The second-order valence-corrected chi connectivity index (χ2v) is 6.89. The molecule has 1 unspecified atom stereocenters. The van der Waals surface area contributed by atoms with Gasteiger partial charge in [0.15, 0.2) is 0 Å². The number of hydrogen-bond acceptors (Lipinski definition) is 3. The monoisotopic (exact) mass is 286 g/mol. The van der Waals surface area contributed by atoms with Crippen molar-refractivity contribution >= 4 is 11.3 Å². The van der Waals surface area contributed by atoms with Crippen LogP contribution in [0.1, 0.15) is 38.9 Å². The topological polar surface area (TPSA) is 24.1 Å². The van der Waals surface area contributed by atoms with Crippen LogP contribution in [0.4, 0.5) is 0 Å². The minimum Gasteiger partial charge on any atom is -0.313 e. The average Bonchev–Trinajstić information content (AvgIpc) is 2.67. The number of aryl methyl sites for hydroxylation is 2. The predicted octanol–water partition coefficient (Wildman–Crippen LogP) is 3.69. The van der Waals surface area contributed by atoms with E-state index in [0.29, 0.717) is 6.04 Å². The van der Waals surface area contributed by atoms with Gasteiger partial charge in [-0.2, -0.15) is 0 Å². The number of rotatable bonds is 3. The van der Waals surface area contributed by atoms with E-state index in [0.717, 1.165) is 26.1 Å². The first-order valence-corrected chi connectivity index (χ1v) is 8.13. The molecule has 2 aromatic rings. The van der Waals surface area contributed by atoms with Gasteiger partial charge in [0.1, 0.15) is 0 Å². The highest BCUT2D eigenvalue weighted by Gasteiger charge is 2.17. The molecular formula is C17H22N2S. The Morgan fingerprint density at radius 1 is 1.30 bits per heavy atom. The Hall–Kier alpha value is -1.16. The molecule has 0 aliphatic carbocycles. The van der Waals surface area contributed by atoms with E-state index in [1.54, 1.807) is 0 Å². The SMILES string of the molecule is Cc1cc(CNC2CCNCc3ccccc32)sc1C. The lowest BCUT2D eigenvalue weighted by Crippen LogP contribution is -2.22. The number of fused-ring (bicyclic) bond motifs is 1. The third-order valence-corrected chi connectivity index (χ3v) is 5.25. The van der Waals surface area contributed by atoms with Crippen molar-refractivity contribution in [3.8, 4) is 0 Å². The summed E-state index contributed by atoms with van der Waals surface area (Å²) >= 11 is 1.91. The molecule has 3 rings (SSSR count). The summed E-state index contributed by atoms with van der Waals surface area (Å²) in [5.41, 5.74) is 4.30. The molecule has 20 heavy (non-hydrogen) atoms. The van der Waals surface area contributed by atoms with Crippen LogP contribution in [0.3, 0.4) is 0 Å². The van der Waals surface area contributed by atoms with Crippen molar-refractivity contribution in [1.82, 2.24) is 10.6 Å². The molecule has 0 radical (unpaired) electrons. The molecule has 1 aromatic carbocycles. The molecule has 3 heteroatoms. The third kappa shape index (κ3) is 2.95. The Labute approximate surface area is 125 Å². The lowest BCUT2D eigenvalue weighted by Gasteiger charge is -2.18. The molecule has 0 fully saturated rings. The minimum atomic E-state index is 0.462. The van der Waals surface area contributed by atoms with Gasteiger partial charge < -0.3 is 10.6 Å². The summed E-state index contributed by atoms with van der Waals surface area (Å²) in [5, 5.41) is 7.25. The van der Waals surface area contributed by atoms with Gasteiger partial charge in [0.25, 0.3) is 0 Å². The van der Waals surface area contributed by atoms with Crippen LogP contribution in [0.15, 0.2) is 30.3 Å². The normalized spacial score (nSPS) is 18.6. The first-order chi connectivity index (χ1) is 9.74. The molecule has 1 aromatic heterocycles. The number of benzene rings is 1. The van der Waals surface area contributed by atoms with Gasteiger partial charge in [0.05, 0.1) is 0 Å². The Kier molecular flexibility index (Phi) is 4.20. The highest BCUT2D eigenvalue weighted by atomic mass is 32.1. The standard InChI is InChI=1S/C17H22N2S/c1-12-9-15(20-13(12)2)11-19-17-7-8-18-10-14-5-3-4-6-16(14)17/h3-6,9,17-19H,7-8,10-11H2,1-2H3. The van der Waals surface area contributed by atoms with E-state index < -0.39 is 0 Å². The van der Waals surface area contributed by atoms with Crippen molar-refractivity contribution in [3.63, 3.8) is 0 Å². The van der Waals surface area contributed by atoms with Crippen molar-refractivity contribution in [3.05, 3.63) is 56.8 Å². The lowest BCUT2D eigenvalue weighted by atomic mass is 9.99. The summed E-state index contributed by atoms with van der Waals surface area (Å²) in [6.07, 6.45) is 1.15. The third-order valence-electron chi connectivity index (χ3n) is 4.10. The molecule has 2 nitrogen and oxygen atoms in total. The van der Waals surface area contributed by atoms with Crippen LogP contribution < -0.4 is 10.6 Å². The largest absolute Gasteiger partial charge is 0.313 e. The molecule has 1 aliphatic rings. The van der Waals surface area contributed by atoms with Crippen molar-refractivity contribution in [1.29, 1.82) is 0 Å². The molecule has 106 valence electrons. The van der Waals surface area contributed by atoms with E-state index in [-0.39, 0.29) is 0 Å². The Bertz CT molecular complexity index is 569. The van der Waals surface area contributed by atoms with Crippen LogP contribution in [-0.2, 0) is 13.1 Å². The van der Waals surface area contributed by atoms with Crippen LogP contribution in [-0.4, -0.2) is 6.54 Å². The molecule has 0 amide bonds. The predicted molar refractivity (Wildman–Crippen MR) is 86.1 cm³/mol. The molecule has 0 spiro atoms. The maximum atomic E-state index is 3.75. The Morgan fingerprint density at radius 2 is 2.15 bits per heavy atom. The van der Waals surface area contributed by atoms with E-state index >= 15 is 0 Å². The highest BCUT2D eigenvalue weighted by molar-refractivity contribution is 7.12. The molecule has 0 bridgehead atoms. The van der Waals surface area contributed by atoms with Crippen molar-refractivity contribution < 1.29 is 0 Å². The van der Waals surface area contributed by atoms with Gasteiger partial charge in [-0.1, -0.05) is 24.3 Å². The van der Waals surface area contributed by atoms with Crippen molar-refractivity contribution in [2.75, 3.05) is 6.54 Å². The van der Waals surface area contributed by atoms with E-state index in [4.69, 9.17) is 0 Å². The first-order valence-electron chi connectivity index (χ1n) is 7.32. The highest BCUT2D eigenvalue weighted by Crippen LogP contribution is 2.25.